The van der Waals surface area contributed by atoms with Crippen LogP contribution in [0.5, 0.6) is 0 Å². The molecule has 0 aromatic heterocycles. The maximum absolute atomic E-state index is 12.1. The first-order valence-electron chi connectivity index (χ1n) is 4.92. The Morgan fingerprint density at radius 3 is 2.06 bits per heavy atom. The van der Waals surface area contributed by atoms with E-state index in [0.29, 0.717) is 5.56 Å². The molecular formula is C11H15O5P. The highest BCUT2D eigenvalue weighted by molar-refractivity contribution is 7.55. The Labute approximate surface area is 100 Å². The summed E-state index contributed by atoms with van der Waals surface area (Å²) in [5, 5.41) is 0. The minimum Gasteiger partial charge on any atom is -0.361 e. The van der Waals surface area contributed by atoms with Gasteiger partial charge in [0.2, 0.25) is 11.6 Å². The summed E-state index contributed by atoms with van der Waals surface area (Å²) in [4.78, 5) is 12.1. The van der Waals surface area contributed by atoms with E-state index < -0.39 is 19.2 Å². The molecule has 1 atom stereocenters. The highest BCUT2D eigenvalue weighted by Crippen LogP contribution is 2.52. The summed E-state index contributed by atoms with van der Waals surface area (Å²) < 4.78 is 26.6. The summed E-state index contributed by atoms with van der Waals surface area (Å²) in [7, 11) is 0.137. The van der Waals surface area contributed by atoms with Crippen molar-refractivity contribution in [2.75, 3.05) is 21.3 Å². The molecule has 0 amide bonds. The summed E-state index contributed by atoms with van der Waals surface area (Å²) >= 11 is 0. The molecule has 0 radical (unpaired) electrons. The van der Waals surface area contributed by atoms with E-state index in [2.05, 4.69) is 0 Å². The van der Waals surface area contributed by atoms with Crippen LogP contribution in [0.2, 0.25) is 0 Å². The van der Waals surface area contributed by atoms with E-state index in [4.69, 9.17) is 13.8 Å². The van der Waals surface area contributed by atoms with Gasteiger partial charge in [-0.25, -0.2) is 0 Å². The van der Waals surface area contributed by atoms with Crippen molar-refractivity contribution in [1.29, 1.82) is 0 Å². The summed E-state index contributed by atoms with van der Waals surface area (Å²) in [5.41, 5.74) is 0.397. The third-order valence-corrected chi connectivity index (χ3v) is 4.34. The van der Waals surface area contributed by atoms with Gasteiger partial charge in [-0.2, -0.15) is 0 Å². The highest BCUT2D eigenvalue weighted by Gasteiger charge is 2.40. The predicted molar refractivity (Wildman–Crippen MR) is 63.2 cm³/mol. The normalized spacial score (nSPS) is 13.4. The Hall–Kier alpha value is -1.00. The van der Waals surface area contributed by atoms with Crippen LogP contribution >= 0.6 is 7.60 Å². The van der Waals surface area contributed by atoms with Crippen LogP contribution in [0.3, 0.4) is 0 Å². The topological polar surface area (TPSA) is 61.8 Å². The van der Waals surface area contributed by atoms with Gasteiger partial charge < -0.3 is 13.8 Å². The van der Waals surface area contributed by atoms with Crippen LogP contribution in [0.1, 0.15) is 10.4 Å². The van der Waals surface area contributed by atoms with Crippen molar-refractivity contribution in [3.8, 4) is 0 Å². The van der Waals surface area contributed by atoms with Crippen molar-refractivity contribution in [2.24, 2.45) is 0 Å². The molecule has 0 fully saturated rings. The van der Waals surface area contributed by atoms with E-state index in [-0.39, 0.29) is 0 Å². The van der Waals surface area contributed by atoms with E-state index in [1.165, 1.54) is 21.3 Å². The Balaban J connectivity index is 3.04. The SMILES string of the molecule is CO[C@H](C(=O)c1ccccc1)P(=O)(OC)OC. The fraction of sp³-hybridized carbons (Fsp3) is 0.364. The van der Waals surface area contributed by atoms with Gasteiger partial charge in [-0.3, -0.25) is 9.36 Å². The number of hydrogen-bond acceptors (Lipinski definition) is 5. The second kappa shape index (κ2) is 6.07. The molecule has 0 N–H and O–H groups in total. The van der Waals surface area contributed by atoms with Crippen molar-refractivity contribution in [3.63, 3.8) is 0 Å². The van der Waals surface area contributed by atoms with Crippen LogP contribution in [0.15, 0.2) is 30.3 Å². The van der Waals surface area contributed by atoms with Crippen molar-refractivity contribution < 1.29 is 23.1 Å². The lowest BCUT2D eigenvalue weighted by molar-refractivity contribution is 0.0703. The molecule has 94 valence electrons. The molecular weight excluding hydrogens is 243 g/mol. The van der Waals surface area contributed by atoms with Crippen molar-refractivity contribution in [1.82, 2.24) is 0 Å². The fourth-order valence-electron chi connectivity index (χ4n) is 1.39. The molecule has 0 spiro atoms. The van der Waals surface area contributed by atoms with Gasteiger partial charge in [0.1, 0.15) is 0 Å². The van der Waals surface area contributed by atoms with Crippen molar-refractivity contribution >= 4 is 13.4 Å². The van der Waals surface area contributed by atoms with Gasteiger partial charge in [-0.15, -0.1) is 0 Å². The largest absolute Gasteiger partial charge is 0.366 e. The number of Topliss-reactive ketones (excluding diaryl/α,β-unsaturated/α-hetero) is 1. The Morgan fingerprint density at radius 1 is 1.12 bits per heavy atom. The minimum atomic E-state index is -3.58. The van der Waals surface area contributed by atoms with Gasteiger partial charge in [0.05, 0.1) is 0 Å². The lowest BCUT2D eigenvalue weighted by atomic mass is 10.1. The molecule has 0 heterocycles. The molecule has 1 rings (SSSR count). The average molecular weight is 258 g/mol. The molecule has 6 heteroatoms. The Kier molecular flexibility index (Phi) is 5.02. The minimum absolute atomic E-state index is 0.397. The number of rotatable bonds is 6. The van der Waals surface area contributed by atoms with Gasteiger partial charge in [-0.05, 0) is 0 Å². The first kappa shape index (κ1) is 14.1. The lowest BCUT2D eigenvalue weighted by Gasteiger charge is -2.21. The van der Waals surface area contributed by atoms with Crippen LogP contribution in [-0.4, -0.2) is 33.0 Å². The molecule has 0 saturated carbocycles. The van der Waals surface area contributed by atoms with Gasteiger partial charge in [-0.1, -0.05) is 30.3 Å². The smallest absolute Gasteiger partial charge is 0.361 e. The first-order valence-corrected chi connectivity index (χ1v) is 6.53. The number of hydrogen-bond donors (Lipinski definition) is 0. The van der Waals surface area contributed by atoms with Gasteiger partial charge in [0.15, 0.2) is 0 Å². The number of benzene rings is 1. The molecule has 0 aliphatic heterocycles. The van der Waals surface area contributed by atoms with Gasteiger partial charge in [0, 0.05) is 26.9 Å². The molecule has 0 aliphatic rings. The zero-order valence-electron chi connectivity index (χ0n) is 9.95. The summed E-state index contributed by atoms with van der Waals surface area (Å²) in [6.07, 6.45) is 0. The molecule has 1 aromatic rings. The number of carbonyl (C=O) groups excluding carboxylic acids is 1. The Bertz CT molecular complexity index is 409. The van der Waals surface area contributed by atoms with Gasteiger partial charge >= 0.3 is 7.60 Å². The number of methoxy groups -OCH3 is 1. The van der Waals surface area contributed by atoms with Crippen LogP contribution in [0.4, 0.5) is 0 Å². The van der Waals surface area contributed by atoms with Crippen LogP contribution in [0, 0.1) is 0 Å². The number of ether oxygens (including phenoxy) is 1. The zero-order chi connectivity index (χ0) is 12.9. The molecule has 5 nitrogen and oxygen atoms in total. The highest BCUT2D eigenvalue weighted by atomic mass is 31.2. The average Bonchev–Trinajstić information content (AvgIpc) is 2.40. The predicted octanol–water partition coefficient (Wildman–Crippen LogP) is 2.33. The summed E-state index contributed by atoms with van der Waals surface area (Å²) in [6, 6.07) is 8.44. The lowest BCUT2D eigenvalue weighted by Crippen LogP contribution is -2.24. The second-order valence-corrected chi connectivity index (χ2v) is 5.50. The molecule has 0 aliphatic carbocycles. The summed E-state index contributed by atoms with van der Waals surface area (Å²) in [6.45, 7) is 0. The fourth-order valence-corrected chi connectivity index (χ4v) is 2.62. The maximum atomic E-state index is 12.1. The van der Waals surface area contributed by atoms with E-state index in [0.717, 1.165) is 0 Å². The van der Waals surface area contributed by atoms with E-state index in [9.17, 15) is 9.36 Å². The Morgan fingerprint density at radius 2 is 1.65 bits per heavy atom. The molecule has 0 bridgehead atoms. The van der Waals surface area contributed by atoms with Crippen LogP contribution in [0.25, 0.3) is 0 Å². The van der Waals surface area contributed by atoms with Crippen LogP contribution in [-0.2, 0) is 18.3 Å². The quantitative estimate of drug-likeness (QED) is 0.579. The third kappa shape index (κ3) is 3.01. The monoisotopic (exact) mass is 258 g/mol. The molecule has 0 unspecified atom stereocenters. The zero-order valence-corrected chi connectivity index (χ0v) is 10.8. The van der Waals surface area contributed by atoms with E-state index in [1.54, 1.807) is 30.3 Å². The van der Waals surface area contributed by atoms with Crippen molar-refractivity contribution in [3.05, 3.63) is 35.9 Å². The van der Waals surface area contributed by atoms with Crippen molar-refractivity contribution in [2.45, 2.75) is 5.85 Å². The van der Waals surface area contributed by atoms with Crippen LogP contribution < -0.4 is 0 Å². The maximum Gasteiger partial charge on any atom is 0.366 e. The third-order valence-electron chi connectivity index (χ3n) is 2.30. The number of ketones is 1. The summed E-state index contributed by atoms with van der Waals surface area (Å²) in [5.74, 6) is -1.68. The number of carbonyl (C=O) groups is 1. The van der Waals surface area contributed by atoms with Gasteiger partial charge in [0.25, 0.3) is 0 Å². The molecule has 1 aromatic carbocycles. The molecule has 17 heavy (non-hydrogen) atoms. The van der Waals surface area contributed by atoms with E-state index in [1.807, 2.05) is 0 Å². The first-order chi connectivity index (χ1) is 8.09. The molecule has 0 saturated heterocycles. The standard InChI is InChI=1S/C11H15O5P/c1-14-11(17(13,15-2)16-3)10(12)9-7-5-4-6-8-9/h4-8,11H,1-3H3/t11-/m0/s1. The second-order valence-electron chi connectivity index (χ2n) is 3.22. The van der Waals surface area contributed by atoms with E-state index >= 15 is 0 Å².